The summed E-state index contributed by atoms with van der Waals surface area (Å²) in [7, 11) is -2.54. The molecule has 216 valence electrons. The number of nitrogens with zero attached hydrogens (tertiary/aromatic N) is 4. The van der Waals surface area contributed by atoms with Crippen LogP contribution in [0.5, 0.6) is 0 Å². The number of rotatable bonds is 8. The average Bonchev–Trinajstić information content (AvgIpc) is 3.67. The Hall–Kier alpha value is -3.39. The fourth-order valence-electron chi connectivity index (χ4n) is 5.54. The Morgan fingerprint density at radius 3 is 2.68 bits per heavy atom. The van der Waals surface area contributed by atoms with Gasteiger partial charge >= 0.3 is 0 Å². The van der Waals surface area contributed by atoms with Crippen molar-refractivity contribution in [2.75, 3.05) is 30.4 Å². The first-order valence-corrected chi connectivity index (χ1v) is 16.0. The number of hydrogen-bond acceptors (Lipinski definition) is 9. The summed E-state index contributed by atoms with van der Waals surface area (Å²) in [5.74, 6) is 1.32. The smallest absolute Gasteiger partial charge is 0.256 e. The summed E-state index contributed by atoms with van der Waals surface area (Å²) >= 11 is 1.38. The molecule has 0 spiro atoms. The quantitative estimate of drug-likeness (QED) is 0.361. The number of carbonyl (C=O) groups excluding carboxylic acids is 2. The summed E-state index contributed by atoms with van der Waals surface area (Å²) in [6.07, 6.45) is 2.18. The first-order valence-electron chi connectivity index (χ1n) is 13.7. The molecule has 3 aromatic rings. The van der Waals surface area contributed by atoms with Crippen LogP contribution in [0.3, 0.4) is 0 Å². The monoisotopic (exact) mass is 595 g/mol. The van der Waals surface area contributed by atoms with Crippen molar-refractivity contribution in [1.29, 1.82) is 0 Å². The molecule has 1 aliphatic carbocycles. The Balaban J connectivity index is 1.32. The minimum Gasteiger partial charge on any atom is -0.331 e. The van der Waals surface area contributed by atoms with Gasteiger partial charge in [-0.1, -0.05) is 17.4 Å². The maximum atomic E-state index is 13.4. The zero-order valence-electron chi connectivity index (χ0n) is 23.4. The van der Waals surface area contributed by atoms with Crippen LogP contribution < -0.4 is 20.3 Å². The first-order chi connectivity index (χ1) is 19.6. The highest BCUT2D eigenvalue weighted by Gasteiger charge is 2.41. The molecule has 0 bridgehead atoms. The van der Waals surface area contributed by atoms with Crippen LogP contribution in [0, 0.1) is 12.8 Å². The normalized spacial score (nSPS) is 20.0. The lowest BCUT2D eigenvalue weighted by Gasteiger charge is -2.31. The van der Waals surface area contributed by atoms with Crippen LogP contribution in [0.25, 0.3) is 10.4 Å². The van der Waals surface area contributed by atoms with Crippen molar-refractivity contribution in [3.63, 3.8) is 0 Å². The van der Waals surface area contributed by atoms with Gasteiger partial charge in [0.2, 0.25) is 15.9 Å². The number of amides is 2. The van der Waals surface area contributed by atoms with Crippen LogP contribution in [0.15, 0.2) is 35.2 Å². The summed E-state index contributed by atoms with van der Waals surface area (Å²) < 4.78 is 28.6. The molecule has 4 heterocycles. The summed E-state index contributed by atoms with van der Waals surface area (Å²) in [4.78, 5) is 39.5. The molecule has 2 atom stereocenters. The Labute approximate surface area is 243 Å². The van der Waals surface area contributed by atoms with Gasteiger partial charge in [-0.15, -0.1) is 0 Å². The van der Waals surface area contributed by atoms with Crippen molar-refractivity contribution in [2.24, 2.45) is 5.92 Å². The van der Waals surface area contributed by atoms with Gasteiger partial charge in [-0.25, -0.2) is 23.1 Å². The molecular formula is C28H33N7O4S2. The van der Waals surface area contributed by atoms with E-state index in [-0.39, 0.29) is 40.9 Å². The molecule has 2 aliphatic heterocycles. The molecule has 3 N–H and O–H groups in total. The molecule has 41 heavy (non-hydrogen) atoms. The van der Waals surface area contributed by atoms with Gasteiger partial charge in [0, 0.05) is 25.2 Å². The Kier molecular flexibility index (Phi) is 7.09. The van der Waals surface area contributed by atoms with Crippen molar-refractivity contribution in [1.82, 2.24) is 24.9 Å². The number of aromatic nitrogens is 2. The lowest BCUT2D eigenvalue weighted by atomic mass is 10.0. The molecule has 3 aliphatic rings. The molecule has 2 amide bonds. The molecular weight excluding hydrogens is 562 g/mol. The number of aryl methyl sites for hydroxylation is 1. The zero-order chi connectivity index (χ0) is 29.1. The van der Waals surface area contributed by atoms with E-state index in [1.807, 2.05) is 45.0 Å². The summed E-state index contributed by atoms with van der Waals surface area (Å²) in [5, 5.41) is 6.99. The van der Waals surface area contributed by atoms with E-state index in [2.05, 4.69) is 25.3 Å². The predicted molar refractivity (Wildman–Crippen MR) is 158 cm³/mol. The van der Waals surface area contributed by atoms with Crippen molar-refractivity contribution in [2.45, 2.75) is 57.1 Å². The summed E-state index contributed by atoms with van der Waals surface area (Å²) in [6.45, 7) is 7.12. The summed E-state index contributed by atoms with van der Waals surface area (Å²) in [5.41, 5.74) is 2.38. The van der Waals surface area contributed by atoms with Crippen molar-refractivity contribution < 1.29 is 18.0 Å². The molecule has 1 aromatic carbocycles. The number of nitrogens with one attached hydrogen (secondary N) is 3. The van der Waals surface area contributed by atoms with Crippen LogP contribution in [-0.4, -0.2) is 67.3 Å². The third kappa shape index (κ3) is 5.23. The van der Waals surface area contributed by atoms with E-state index in [0.29, 0.717) is 46.9 Å². The molecule has 2 fully saturated rings. The lowest BCUT2D eigenvalue weighted by molar-refractivity contribution is -0.118. The number of sulfonamides is 1. The second-order valence-electron chi connectivity index (χ2n) is 11.0. The van der Waals surface area contributed by atoms with E-state index in [9.17, 15) is 18.0 Å². The van der Waals surface area contributed by atoms with Crippen molar-refractivity contribution in [3.8, 4) is 10.4 Å². The van der Waals surface area contributed by atoms with Crippen LogP contribution in [0.1, 0.15) is 48.3 Å². The number of benzene rings is 1. The highest BCUT2D eigenvalue weighted by Crippen LogP contribution is 2.42. The Morgan fingerprint density at radius 2 is 1.95 bits per heavy atom. The van der Waals surface area contributed by atoms with E-state index in [1.54, 1.807) is 15.9 Å². The minimum absolute atomic E-state index is 0.00501. The Bertz CT molecular complexity index is 1650. The zero-order valence-corrected chi connectivity index (χ0v) is 25.0. The SMILES string of the molecule is CNS(=O)(=O)c1cc(-c2sc(Nc3cccc(N4C[C@H](C)NCC4=O)n3)nc2C)cc2c1C(=O)N([C@@H](C)C1CC1)C2. The second-order valence-corrected chi connectivity index (χ2v) is 13.8. The molecule has 0 unspecified atom stereocenters. The van der Waals surface area contributed by atoms with E-state index < -0.39 is 10.0 Å². The van der Waals surface area contributed by atoms with Crippen molar-refractivity contribution >= 4 is 49.9 Å². The minimum atomic E-state index is -3.89. The Morgan fingerprint density at radius 1 is 1.17 bits per heavy atom. The number of anilines is 3. The van der Waals surface area contributed by atoms with Crippen LogP contribution >= 0.6 is 11.3 Å². The first kappa shape index (κ1) is 27.8. The number of fused-ring (bicyclic) bond motifs is 1. The van der Waals surface area contributed by atoms with E-state index in [0.717, 1.165) is 23.4 Å². The molecule has 6 rings (SSSR count). The largest absolute Gasteiger partial charge is 0.331 e. The fourth-order valence-corrected chi connectivity index (χ4v) is 7.49. The maximum absolute atomic E-state index is 13.4. The van der Waals surface area contributed by atoms with Gasteiger partial charge in [-0.2, -0.15) is 0 Å². The number of carbonyl (C=O) groups is 2. The number of hydrogen-bond donors (Lipinski definition) is 3. The van der Waals surface area contributed by atoms with Gasteiger partial charge in [0.1, 0.15) is 11.6 Å². The molecule has 0 radical (unpaired) electrons. The average molecular weight is 596 g/mol. The van der Waals surface area contributed by atoms with Gasteiger partial charge in [0.05, 0.1) is 27.6 Å². The van der Waals surface area contributed by atoms with E-state index in [1.165, 1.54) is 18.4 Å². The topological polar surface area (TPSA) is 137 Å². The third-order valence-electron chi connectivity index (χ3n) is 8.02. The number of pyridine rings is 1. The maximum Gasteiger partial charge on any atom is 0.256 e. The summed E-state index contributed by atoms with van der Waals surface area (Å²) in [6, 6.07) is 9.18. The van der Waals surface area contributed by atoms with Gasteiger partial charge in [-0.3, -0.25) is 14.5 Å². The van der Waals surface area contributed by atoms with Crippen molar-refractivity contribution in [3.05, 3.63) is 47.2 Å². The lowest BCUT2D eigenvalue weighted by Crippen LogP contribution is -2.53. The van der Waals surface area contributed by atoms with Gasteiger partial charge in [0.15, 0.2) is 5.13 Å². The third-order valence-corrected chi connectivity index (χ3v) is 10.6. The van der Waals surface area contributed by atoms with Crippen LogP contribution in [0.4, 0.5) is 16.8 Å². The fraction of sp³-hybridized carbons (Fsp3) is 0.429. The molecule has 13 heteroatoms. The standard InChI is InChI=1S/C28H33N7O4S2/c1-15-13-35(24(36)12-30-15)23-7-5-6-22(32-23)33-28-31-16(2)26(40-28)19-10-20-14-34(17(3)18-8-9-18)27(37)25(20)21(11-19)41(38,39)29-4/h5-7,10-11,15,17-18,29-30H,8-9,12-14H2,1-4H3,(H,31,32,33)/t15-,17-/m0/s1. The van der Waals surface area contributed by atoms with Crippen LogP contribution in [-0.2, 0) is 21.4 Å². The van der Waals surface area contributed by atoms with E-state index >= 15 is 0 Å². The molecule has 2 aromatic heterocycles. The molecule has 11 nitrogen and oxygen atoms in total. The molecule has 1 saturated carbocycles. The predicted octanol–water partition coefficient (Wildman–Crippen LogP) is 3.24. The van der Waals surface area contributed by atoms with Gasteiger partial charge in [0.25, 0.3) is 5.91 Å². The highest BCUT2D eigenvalue weighted by atomic mass is 32.2. The molecule has 1 saturated heterocycles. The highest BCUT2D eigenvalue weighted by molar-refractivity contribution is 7.89. The van der Waals surface area contributed by atoms with Gasteiger partial charge < -0.3 is 15.5 Å². The number of piperazine rings is 1. The van der Waals surface area contributed by atoms with Gasteiger partial charge in [-0.05, 0) is 82.0 Å². The number of thiazole rings is 1. The second kappa shape index (κ2) is 10.5. The van der Waals surface area contributed by atoms with E-state index in [4.69, 9.17) is 0 Å². The van der Waals surface area contributed by atoms with Crippen LogP contribution in [0.2, 0.25) is 0 Å².